The summed E-state index contributed by atoms with van der Waals surface area (Å²) in [5.41, 5.74) is 0. The first-order valence-corrected chi connectivity index (χ1v) is 12.2. The molecule has 0 atom stereocenters. The molecule has 0 aromatic heterocycles. The van der Waals surface area contributed by atoms with Gasteiger partial charge in [0.1, 0.15) is 0 Å². The summed E-state index contributed by atoms with van der Waals surface area (Å²) in [5, 5.41) is 0. The van der Waals surface area contributed by atoms with Crippen LogP contribution in [-0.2, 0) is 0 Å². The molecule has 138 valence electrons. The third kappa shape index (κ3) is 17.0. The van der Waals surface area contributed by atoms with Gasteiger partial charge >= 0.3 is 0 Å². The minimum Gasteiger partial charge on any atom is -0.162 e. The second-order valence-corrected chi connectivity index (χ2v) is 8.91. The lowest BCUT2D eigenvalue weighted by Gasteiger charge is -2.03. The van der Waals surface area contributed by atoms with Gasteiger partial charge in [0.15, 0.2) is 0 Å². The normalized spacial score (nSPS) is 24.0. The van der Waals surface area contributed by atoms with E-state index in [0.717, 1.165) is 0 Å². The Bertz CT molecular complexity index is 110. The van der Waals surface area contributed by atoms with Crippen molar-refractivity contribution < 1.29 is 0 Å². The molecule has 0 saturated carbocycles. The minimum absolute atomic E-state index is 1.42. The third-order valence-electron chi connectivity index (χ3n) is 5.33. The average Bonchev–Trinajstić information content (AvgIpc) is 2.56. The van der Waals surface area contributed by atoms with Gasteiger partial charge in [-0.25, -0.2) is 0 Å². The predicted molar refractivity (Wildman–Crippen MR) is 110 cm³/mol. The molecule has 0 spiro atoms. The molecule has 0 aromatic rings. The molecule has 0 unspecified atom stereocenters. The van der Waals surface area contributed by atoms with Crippen molar-refractivity contribution in [3.8, 4) is 0 Å². The molecule has 1 heterocycles. The number of rotatable bonds is 0. The van der Waals surface area contributed by atoms with Crippen LogP contribution in [0.25, 0.3) is 0 Å². The molecule has 1 aliphatic rings. The molecular weight excluding hydrogens is 296 g/mol. The van der Waals surface area contributed by atoms with Crippen LogP contribution in [-0.4, -0.2) is 11.5 Å². The van der Waals surface area contributed by atoms with Crippen LogP contribution < -0.4 is 0 Å². The summed E-state index contributed by atoms with van der Waals surface area (Å²) in [5.74, 6) is 2.83. The van der Waals surface area contributed by atoms with Crippen molar-refractivity contribution in [2.75, 3.05) is 11.5 Å². The minimum atomic E-state index is 1.42. The topological polar surface area (TPSA) is 0 Å². The SMILES string of the molecule is C1CCCCCCCCCCCSCCCCCCCCCC1. The maximum absolute atomic E-state index is 2.21. The van der Waals surface area contributed by atoms with Crippen LogP contribution in [0.4, 0.5) is 0 Å². The highest BCUT2D eigenvalue weighted by Gasteiger charge is 1.97. The molecule has 1 fully saturated rings. The van der Waals surface area contributed by atoms with E-state index in [0.29, 0.717) is 0 Å². The molecule has 1 saturated heterocycles. The quantitative estimate of drug-likeness (QED) is 0.425. The molecule has 0 bridgehead atoms. The highest BCUT2D eigenvalue weighted by Crippen LogP contribution is 2.16. The Balaban J connectivity index is 2.00. The van der Waals surface area contributed by atoms with Crippen LogP contribution in [0.5, 0.6) is 0 Å². The number of hydrogen-bond donors (Lipinski definition) is 0. The molecule has 1 aliphatic heterocycles. The largest absolute Gasteiger partial charge is 0.162 e. The van der Waals surface area contributed by atoms with Crippen LogP contribution in [0.2, 0.25) is 0 Å². The van der Waals surface area contributed by atoms with Crippen molar-refractivity contribution in [2.45, 2.75) is 128 Å². The van der Waals surface area contributed by atoms with Crippen LogP contribution >= 0.6 is 11.8 Å². The highest BCUT2D eigenvalue weighted by atomic mass is 32.2. The fourth-order valence-corrected chi connectivity index (χ4v) is 4.71. The van der Waals surface area contributed by atoms with Gasteiger partial charge in [-0.2, -0.15) is 11.8 Å². The van der Waals surface area contributed by atoms with Crippen molar-refractivity contribution >= 4 is 11.8 Å². The van der Waals surface area contributed by atoms with Gasteiger partial charge in [-0.05, 0) is 24.3 Å². The molecule has 1 heteroatoms. The smallest absolute Gasteiger partial charge is 0.00675 e. The molecule has 23 heavy (non-hydrogen) atoms. The van der Waals surface area contributed by atoms with Crippen molar-refractivity contribution in [3.63, 3.8) is 0 Å². The summed E-state index contributed by atoms with van der Waals surface area (Å²) in [6.07, 6.45) is 29.8. The van der Waals surface area contributed by atoms with Crippen molar-refractivity contribution in [2.24, 2.45) is 0 Å². The number of hydrogen-bond acceptors (Lipinski definition) is 1. The van der Waals surface area contributed by atoms with E-state index in [9.17, 15) is 0 Å². The van der Waals surface area contributed by atoms with E-state index in [4.69, 9.17) is 0 Å². The summed E-state index contributed by atoms with van der Waals surface area (Å²) in [6.45, 7) is 0. The maximum atomic E-state index is 2.21. The Kier molecular flexibility index (Phi) is 17.4. The van der Waals surface area contributed by atoms with Gasteiger partial charge in [0, 0.05) is 0 Å². The van der Waals surface area contributed by atoms with E-state index in [-0.39, 0.29) is 0 Å². The van der Waals surface area contributed by atoms with Gasteiger partial charge in [0.05, 0.1) is 0 Å². The van der Waals surface area contributed by atoms with Gasteiger partial charge in [-0.15, -0.1) is 0 Å². The summed E-state index contributed by atoms with van der Waals surface area (Å²) in [6, 6.07) is 0. The van der Waals surface area contributed by atoms with Crippen LogP contribution in [0.15, 0.2) is 0 Å². The Morgan fingerprint density at radius 1 is 0.217 bits per heavy atom. The summed E-state index contributed by atoms with van der Waals surface area (Å²) in [4.78, 5) is 0. The standard InChI is InChI=1S/C22H44S/c1-2-4-6-8-10-12-14-16-18-20-22-23-21-19-17-15-13-11-9-7-5-3-1/h1-22H2. The van der Waals surface area contributed by atoms with E-state index in [2.05, 4.69) is 11.8 Å². The van der Waals surface area contributed by atoms with Crippen molar-refractivity contribution in [1.29, 1.82) is 0 Å². The molecule has 1 rings (SSSR count). The van der Waals surface area contributed by atoms with Gasteiger partial charge in [0.25, 0.3) is 0 Å². The van der Waals surface area contributed by atoms with E-state index in [1.807, 2.05) is 0 Å². The molecule has 0 N–H and O–H groups in total. The van der Waals surface area contributed by atoms with E-state index in [1.165, 1.54) is 140 Å². The predicted octanol–water partition coefficient (Wildman–Crippen LogP) is 8.54. The molecule has 0 nitrogen and oxygen atoms in total. The lowest BCUT2D eigenvalue weighted by atomic mass is 10.0. The first-order valence-electron chi connectivity index (χ1n) is 11.1. The summed E-state index contributed by atoms with van der Waals surface area (Å²) >= 11 is 2.21. The Hall–Kier alpha value is 0.350. The Labute approximate surface area is 152 Å². The fourth-order valence-electron chi connectivity index (χ4n) is 3.69. The third-order valence-corrected chi connectivity index (χ3v) is 6.48. The van der Waals surface area contributed by atoms with Crippen LogP contribution in [0.1, 0.15) is 128 Å². The second kappa shape index (κ2) is 18.7. The van der Waals surface area contributed by atoms with Gasteiger partial charge in [0.2, 0.25) is 0 Å². The molecular formula is C22H44S. The van der Waals surface area contributed by atoms with E-state index >= 15 is 0 Å². The van der Waals surface area contributed by atoms with Crippen molar-refractivity contribution in [1.82, 2.24) is 0 Å². The zero-order valence-corrected chi connectivity index (χ0v) is 16.8. The first-order chi connectivity index (χ1) is 11.5. The lowest BCUT2D eigenvalue weighted by molar-refractivity contribution is 0.523. The Morgan fingerprint density at radius 2 is 0.391 bits per heavy atom. The zero-order chi connectivity index (χ0) is 16.3. The van der Waals surface area contributed by atoms with Gasteiger partial charge < -0.3 is 0 Å². The summed E-state index contributed by atoms with van der Waals surface area (Å²) in [7, 11) is 0. The van der Waals surface area contributed by atoms with Crippen LogP contribution in [0, 0.1) is 0 Å². The highest BCUT2D eigenvalue weighted by molar-refractivity contribution is 7.99. The fraction of sp³-hybridized carbons (Fsp3) is 1.00. The molecule has 0 aliphatic carbocycles. The van der Waals surface area contributed by atoms with Gasteiger partial charge in [-0.3, -0.25) is 0 Å². The van der Waals surface area contributed by atoms with E-state index < -0.39 is 0 Å². The molecule has 0 amide bonds. The zero-order valence-electron chi connectivity index (χ0n) is 16.0. The van der Waals surface area contributed by atoms with Crippen molar-refractivity contribution in [3.05, 3.63) is 0 Å². The number of thioether (sulfide) groups is 1. The maximum Gasteiger partial charge on any atom is -0.00675 e. The van der Waals surface area contributed by atoms with Crippen LogP contribution in [0.3, 0.4) is 0 Å². The average molecular weight is 341 g/mol. The second-order valence-electron chi connectivity index (χ2n) is 7.68. The summed E-state index contributed by atoms with van der Waals surface area (Å²) < 4.78 is 0. The molecule has 0 radical (unpaired) electrons. The lowest BCUT2D eigenvalue weighted by Crippen LogP contribution is -1.87. The Morgan fingerprint density at radius 3 is 0.609 bits per heavy atom. The monoisotopic (exact) mass is 340 g/mol. The van der Waals surface area contributed by atoms with E-state index in [1.54, 1.807) is 0 Å². The molecule has 0 aromatic carbocycles. The van der Waals surface area contributed by atoms with Gasteiger partial charge in [-0.1, -0.05) is 116 Å². The first kappa shape index (κ1) is 21.4.